The molecule has 1 atom stereocenters. The van der Waals surface area contributed by atoms with Gasteiger partial charge in [-0.25, -0.2) is 9.79 Å². The van der Waals surface area contributed by atoms with Crippen molar-refractivity contribution in [1.82, 2.24) is 4.57 Å². The number of esters is 1. The van der Waals surface area contributed by atoms with E-state index in [-0.39, 0.29) is 12.2 Å². The van der Waals surface area contributed by atoms with Crippen LogP contribution in [0.1, 0.15) is 24.1 Å². The zero-order valence-corrected chi connectivity index (χ0v) is 18.8. The van der Waals surface area contributed by atoms with Crippen molar-refractivity contribution in [2.24, 2.45) is 10.7 Å². The first-order valence-corrected chi connectivity index (χ1v) is 10.9. The highest BCUT2D eigenvalue weighted by atomic mass is 32.1. The Morgan fingerprint density at radius 3 is 2.55 bits per heavy atom. The maximum Gasteiger partial charge on any atom is 0.338 e. The van der Waals surface area contributed by atoms with Crippen molar-refractivity contribution < 1.29 is 19.1 Å². The number of methoxy groups -OCH3 is 1. The minimum atomic E-state index is -0.668. The number of carbonyl (C=O) groups excluding carboxylic acids is 2. The number of benzene rings is 2. The number of para-hydroxylation sites is 1. The zero-order chi connectivity index (χ0) is 23.5. The maximum atomic E-state index is 13.5. The van der Waals surface area contributed by atoms with Gasteiger partial charge < -0.3 is 15.2 Å². The Morgan fingerprint density at radius 2 is 1.85 bits per heavy atom. The molecule has 0 bridgehead atoms. The molecule has 1 aliphatic rings. The highest BCUT2D eigenvalue weighted by Crippen LogP contribution is 2.30. The van der Waals surface area contributed by atoms with Gasteiger partial charge in [-0.15, -0.1) is 0 Å². The third-order valence-corrected chi connectivity index (χ3v) is 6.10. The average molecular weight is 464 g/mol. The molecular weight excluding hydrogens is 442 g/mol. The van der Waals surface area contributed by atoms with Crippen molar-refractivity contribution in [3.8, 4) is 5.75 Å². The number of aromatic nitrogens is 1. The van der Waals surface area contributed by atoms with E-state index in [9.17, 15) is 14.4 Å². The second-order valence-electron chi connectivity index (χ2n) is 7.28. The molecule has 2 heterocycles. The van der Waals surface area contributed by atoms with E-state index in [1.165, 1.54) is 23.0 Å². The lowest BCUT2D eigenvalue weighted by molar-refractivity contribution is -0.136. The van der Waals surface area contributed by atoms with Crippen LogP contribution in [0.25, 0.3) is 6.08 Å². The van der Waals surface area contributed by atoms with Crippen LogP contribution in [0.4, 0.5) is 0 Å². The van der Waals surface area contributed by atoms with Crippen LogP contribution in [-0.2, 0) is 14.3 Å². The highest BCUT2D eigenvalue weighted by Gasteiger charge is 2.32. The van der Waals surface area contributed by atoms with Gasteiger partial charge in [0, 0.05) is 5.56 Å². The molecule has 33 heavy (non-hydrogen) atoms. The fraction of sp³-hybridized carbons (Fsp3) is 0.167. The molecule has 0 saturated carbocycles. The predicted molar refractivity (Wildman–Crippen MR) is 123 cm³/mol. The quantitative estimate of drug-likeness (QED) is 0.553. The molecule has 0 spiro atoms. The summed E-state index contributed by atoms with van der Waals surface area (Å²) in [7, 11) is 1.30. The number of nitrogens with zero attached hydrogens (tertiary/aromatic N) is 2. The Balaban J connectivity index is 1.91. The summed E-state index contributed by atoms with van der Waals surface area (Å²) in [6, 6.07) is 15.6. The number of nitrogens with two attached hydrogens (primary N) is 1. The SMILES string of the molecule is COC(=O)C1=C(C)N=c2sc(=Cc3ccccc3OCC(N)=O)c(=O)n2C1c1ccccc1. The van der Waals surface area contributed by atoms with Crippen molar-refractivity contribution in [2.45, 2.75) is 13.0 Å². The maximum absolute atomic E-state index is 13.5. The Bertz CT molecular complexity index is 1440. The highest BCUT2D eigenvalue weighted by molar-refractivity contribution is 7.07. The average Bonchev–Trinajstić information content (AvgIpc) is 3.12. The minimum absolute atomic E-state index is 0.276. The standard InChI is InChI=1S/C24H21N3O5S/c1-14-20(23(30)31-2)21(15-8-4-3-5-9-15)27-22(29)18(33-24(27)26-14)12-16-10-6-7-11-17(16)32-13-19(25)28/h3-12,21H,13H2,1-2H3,(H2,25,28). The van der Waals surface area contributed by atoms with Crippen LogP contribution in [0.5, 0.6) is 5.75 Å². The van der Waals surface area contributed by atoms with Crippen LogP contribution in [-0.4, -0.2) is 30.2 Å². The number of amides is 1. The van der Waals surface area contributed by atoms with E-state index in [4.69, 9.17) is 15.2 Å². The van der Waals surface area contributed by atoms with E-state index >= 15 is 0 Å². The number of carbonyl (C=O) groups is 2. The van der Waals surface area contributed by atoms with Crippen LogP contribution < -0.4 is 25.4 Å². The van der Waals surface area contributed by atoms with Gasteiger partial charge in [-0.05, 0) is 24.6 Å². The number of rotatable bonds is 6. The third-order valence-electron chi connectivity index (χ3n) is 5.12. The molecule has 1 amide bonds. The summed E-state index contributed by atoms with van der Waals surface area (Å²) in [6.45, 7) is 1.45. The minimum Gasteiger partial charge on any atom is -0.483 e. The summed E-state index contributed by atoms with van der Waals surface area (Å²) in [5.41, 5.74) is 7.08. The number of ether oxygens (including phenoxy) is 2. The second kappa shape index (κ2) is 9.25. The van der Waals surface area contributed by atoms with Gasteiger partial charge in [0.1, 0.15) is 5.75 Å². The normalized spacial score (nSPS) is 15.6. The van der Waals surface area contributed by atoms with Gasteiger partial charge >= 0.3 is 5.97 Å². The number of allylic oxidation sites excluding steroid dienone is 1. The Hall–Kier alpha value is -3.98. The first kappa shape index (κ1) is 22.2. The number of primary amides is 1. The number of thiazole rings is 1. The molecule has 0 radical (unpaired) electrons. The van der Waals surface area contributed by atoms with Gasteiger partial charge in [0.05, 0.1) is 29.0 Å². The van der Waals surface area contributed by atoms with Gasteiger partial charge in [0.15, 0.2) is 11.4 Å². The lowest BCUT2D eigenvalue weighted by Gasteiger charge is -2.24. The molecule has 0 saturated heterocycles. The molecule has 9 heteroatoms. The molecule has 0 fully saturated rings. The fourth-order valence-corrected chi connectivity index (χ4v) is 4.70. The molecule has 2 aromatic carbocycles. The molecule has 168 valence electrons. The van der Waals surface area contributed by atoms with Gasteiger partial charge in [-0.2, -0.15) is 0 Å². The van der Waals surface area contributed by atoms with Crippen LogP contribution in [0.3, 0.4) is 0 Å². The van der Waals surface area contributed by atoms with E-state index in [0.29, 0.717) is 31.9 Å². The lowest BCUT2D eigenvalue weighted by atomic mass is 9.96. The van der Waals surface area contributed by atoms with Crippen LogP contribution in [0.2, 0.25) is 0 Å². The molecule has 3 aromatic rings. The molecule has 1 unspecified atom stereocenters. The zero-order valence-electron chi connectivity index (χ0n) is 18.0. The fourth-order valence-electron chi connectivity index (χ4n) is 3.66. The van der Waals surface area contributed by atoms with E-state index < -0.39 is 17.9 Å². The van der Waals surface area contributed by atoms with Crippen molar-refractivity contribution >= 4 is 29.3 Å². The second-order valence-corrected chi connectivity index (χ2v) is 8.29. The first-order chi connectivity index (χ1) is 15.9. The molecule has 4 rings (SSSR count). The smallest absolute Gasteiger partial charge is 0.338 e. The summed E-state index contributed by atoms with van der Waals surface area (Å²) in [6.07, 6.45) is 1.68. The molecule has 1 aromatic heterocycles. The van der Waals surface area contributed by atoms with Gasteiger partial charge in [0.2, 0.25) is 0 Å². The van der Waals surface area contributed by atoms with Crippen molar-refractivity contribution in [2.75, 3.05) is 13.7 Å². The summed E-state index contributed by atoms with van der Waals surface area (Å²) in [5, 5.41) is 0. The molecule has 8 nitrogen and oxygen atoms in total. The van der Waals surface area contributed by atoms with Gasteiger partial charge in [-0.1, -0.05) is 59.9 Å². The van der Waals surface area contributed by atoms with Crippen LogP contribution >= 0.6 is 11.3 Å². The van der Waals surface area contributed by atoms with Crippen molar-refractivity contribution in [1.29, 1.82) is 0 Å². The van der Waals surface area contributed by atoms with Gasteiger partial charge in [0.25, 0.3) is 11.5 Å². The summed E-state index contributed by atoms with van der Waals surface area (Å²) >= 11 is 1.21. The first-order valence-electron chi connectivity index (χ1n) is 10.1. The summed E-state index contributed by atoms with van der Waals surface area (Å²) in [5.74, 6) is -0.712. The Kier molecular flexibility index (Phi) is 6.23. The summed E-state index contributed by atoms with van der Waals surface area (Å²) in [4.78, 5) is 42.3. The third kappa shape index (κ3) is 4.35. The lowest BCUT2D eigenvalue weighted by Crippen LogP contribution is -2.39. The molecule has 0 aliphatic carbocycles. The number of fused-ring (bicyclic) bond motifs is 1. The summed E-state index contributed by atoms with van der Waals surface area (Å²) < 4.78 is 12.4. The van der Waals surface area contributed by atoms with Gasteiger partial charge in [-0.3, -0.25) is 14.2 Å². The number of hydrogen-bond acceptors (Lipinski definition) is 7. The largest absolute Gasteiger partial charge is 0.483 e. The van der Waals surface area contributed by atoms with E-state index in [0.717, 1.165) is 5.56 Å². The van der Waals surface area contributed by atoms with E-state index in [2.05, 4.69) is 4.99 Å². The van der Waals surface area contributed by atoms with Crippen LogP contribution in [0, 0.1) is 0 Å². The predicted octanol–water partition coefficient (Wildman–Crippen LogP) is 1.27. The Labute approximate surface area is 192 Å². The Morgan fingerprint density at radius 1 is 1.15 bits per heavy atom. The van der Waals surface area contributed by atoms with Crippen LogP contribution in [0.15, 0.2) is 75.7 Å². The van der Waals surface area contributed by atoms with E-state index in [1.807, 2.05) is 30.3 Å². The van der Waals surface area contributed by atoms with Crippen molar-refractivity contribution in [3.63, 3.8) is 0 Å². The molecule has 1 aliphatic heterocycles. The molecule has 2 N–H and O–H groups in total. The monoisotopic (exact) mass is 463 g/mol. The van der Waals surface area contributed by atoms with E-state index in [1.54, 1.807) is 37.3 Å². The topological polar surface area (TPSA) is 113 Å². The van der Waals surface area contributed by atoms with Crippen molar-refractivity contribution in [3.05, 3.63) is 96.7 Å². The number of hydrogen-bond donors (Lipinski definition) is 1. The molecular formula is C24H21N3O5S.